The molecule has 1 aromatic heterocycles. The molecule has 0 saturated heterocycles. The minimum atomic E-state index is 0.510. The van der Waals surface area contributed by atoms with Crippen LogP contribution in [0, 0.1) is 11.3 Å². The van der Waals surface area contributed by atoms with Gasteiger partial charge in [-0.25, -0.2) is 4.98 Å². The number of rotatable bonds is 6. The van der Waals surface area contributed by atoms with Crippen molar-refractivity contribution in [1.29, 1.82) is 5.26 Å². The van der Waals surface area contributed by atoms with E-state index in [4.69, 9.17) is 9.47 Å². The number of nitriles is 1. The van der Waals surface area contributed by atoms with Gasteiger partial charge in [-0.05, 0) is 42.8 Å². The molecule has 0 radical (unpaired) electrons. The van der Waals surface area contributed by atoms with E-state index in [9.17, 15) is 5.26 Å². The Hall–Kier alpha value is -2.62. The quantitative estimate of drug-likeness (QED) is 0.438. The average Bonchev–Trinajstić information content (AvgIpc) is 3.17. The van der Waals surface area contributed by atoms with Crippen LogP contribution in [0.3, 0.4) is 0 Å². The third-order valence-electron chi connectivity index (χ3n) is 3.79. The third kappa shape index (κ3) is 4.57. The summed E-state index contributed by atoms with van der Waals surface area (Å²) < 4.78 is 11.9. The summed E-state index contributed by atoms with van der Waals surface area (Å²) in [5, 5.41) is 12.3. The zero-order chi connectivity index (χ0) is 19.2. The molecule has 3 aromatic rings. The summed E-state index contributed by atoms with van der Waals surface area (Å²) in [7, 11) is 1.60. The van der Waals surface area contributed by atoms with Crippen LogP contribution in [0.4, 0.5) is 0 Å². The maximum atomic E-state index is 9.62. The molecule has 2 aromatic carbocycles. The van der Waals surface area contributed by atoms with Crippen LogP contribution in [0.5, 0.6) is 11.5 Å². The van der Waals surface area contributed by atoms with Crippen molar-refractivity contribution < 1.29 is 9.47 Å². The highest BCUT2D eigenvalue weighted by Gasteiger charge is 2.10. The molecule has 0 fully saturated rings. The number of hydrogen-bond acceptors (Lipinski definition) is 5. The van der Waals surface area contributed by atoms with E-state index in [0.717, 1.165) is 21.3 Å². The van der Waals surface area contributed by atoms with Gasteiger partial charge < -0.3 is 9.47 Å². The lowest BCUT2D eigenvalue weighted by Gasteiger charge is -2.09. The maximum Gasteiger partial charge on any atom is 0.161 e. The second-order valence-corrected chi connectivity index (χ2v) is 7.33. The largest absolute Gasteiger partial charge is 0.493 e. The van der Waals surface area contributed by atoms with Crippen LogP contribution in [0.2, 0.25) is 0 Å². The summed E-state index contributed by atoms with van der Waals surface area (Å²) >= 11 is 4.89. The van der Waals surface area contributed by atoms with Gasteiger partial charge in [0.25, 0.3) is 0 Å². The van der Waals surface area contributed by atoms with Gasteiger partial charge in [0.05, 0.1) is 25.0 Å². The van der Waals surface area contributed by atoms with Crippen molar-refractivity contribution in [3.05, 3.63) is 62.9 Å². The van der Waals surface area contributed by atoms with Crippen LogP contribution in [-0.4, -0.2) is 18.7 Å². The normalized spacial score (nSPS) is 11.1. The molecule has 4 nitrogen and oxygen atoms in total. The molecule has 136 valence electrons. The second kappa shape index (κ2) is 8.85. The van der Waals surface area contributed by atoms with Gasteiger partial charge in [0, 0.05) is 15.4 Å². The summed E-state index contributed by atoms with van der Waals surface area (Å²) in [6.07, 6.45) is 1.81. The lowest BCUT2D eigenvalue weighted by atomic mass is 10.1. The first-order valence-corrected chi connectivity index (χ1v) is 9.96. The summed E-state index contributed by atoms with van der Waals surface area (Å²) in [6.45, 7) is 2.46. The number of thiazole rings is 1. The lowest BCUT2D eigenvalue weighted by Crippen LogP contribution is -1.95. The van der Waals surface area contributed by atoms with E-state index < -0.39 is 0 Å². The highest BCUT2D eigenvalue weighted by Crippen LogP contribution is 2.31. The molecule has 0 bridgehead atoms. The molecule has 1 heterocycles. The van der Waals surface area contributed by atoms with Crippen LogP contribution in [0.15, 0.2) is 52.3 Å². The van der Waals surface area contributed by atoms with Gasteiger partial charge in [-0.1, -0.05) is 34.1 Å². The first kappa shape index (κ1) is 19.2. The molecule has 0 N–H and O–H groups in total. The van der Waals surface area contributed by atoms with Gasteiger partial charge >= 0.3 is 0 Å². The van der Waals surface area contributed by atoms with E-state index in [1.165, 1.54) is 11.3 Å². The molecular formula is C21H17BrN2O2S. The number of benzene rings is 2. The average molecular weight is 441 g/mol. The van der Waals surface area contributed by atoms with Gasteiger partial charge in [0.1, 0.15) is 11.1 Å². The first-order chi connectivity index (χ1) is 13.1. The molecule has 0 spiro atoms. The molecule has 0 aliphatic rings. The Morgan fingerprint density at radius 3 is 2.67 bits per heavy atom. The number of ether oxygens (including phenoxy) is 2. The predicted octanol–water partition coefficient (Wildman–Crippen LogP) is 6.04. The van der Waals surface area contributed by atoms with E-state index in [0.29, 0.717) is 28.7 Å². The van der Waals surface area contributed by atoms with E-state index in [1.54, 1.807) is 7.11 Å². The minimum absolute atomic E-state index is 0.510. The van der Waals surface area contributed by atoms with E-state index >= 15 is 0 Å². The standard InChI is InChI=1S/C21H17BrN2O2S/c1-3-26-20-11-14(4-9-19(20)25-2)10-16(12-23)21-24-18(13-27-21)15-5-7-17(22)8-6-15/h4-11,13H,3H2,1-2H3/b16-10+. The Morgan fingerprint density at radius 2 is 2.00 bits per heavy atom. The van der Waals surface area contributed by atoms with E-state index in [2.05, 4.69) is 27.0 Å². The van der Waals surface area contributed by atoms with E-state index in [1.807, 2.05) is 60.8 Å². The van der Waals surface area contributed by atoms with Crippen molar-refractivity contribution in [2.45, 2.75) is 6.92 Å². The van der Waals surface area contributed by atoms with Crippen molar-refractivity contribution >= 4 is 38.9 Å². The molecule has 0 aliphatic heterocycles. The van der Waals surface area contributed by atoms with E-state index in [-0.39, 0.29) is 0 Å². The fourth-order valence-electron chi connectivity index (χ4n) is 2.51. The molecule has 3 rings (SSSR count). The topological polar surface area (TPSA) is 55.1 Å². The van der Waals surface area contributed by atoms with Gasteiger partial charge in [-0.15, -0.1) is 11.3 Å². The molecule has 0 saturated carbocycles. The summed E-state index contributed by atoms with van der Waals surface area (Å²) in [6, 6.07) is 15.8. The predicted molar refractivity (Wildman–Crippen MR) is 113 cm³/mol. The minimum Gasteiger partial charge on any atom is -0.493 e. The van der Waals surface area contributed by atoms with Crippen LogP contribution in [0.1, 0.15) is 17.5 Å². The van der Waals surface area contributed by atoms with Gasteiger partial charge in [-0.2, -0.15) is 5.26 Å². The number of hydrogen-bond donors (Lipinski definition) is 0. The zero-order valence-corrected chi connectivity index (χ0v) is 17.3. The van der Waals surface area contributed by atoms with Crippen molar-refractivity contribution in [1.82, 2.24) is 4.98 Å². The molecule has 27 heavy (non-hydrogen) atoms. The Bertz CT molecular complexity index is 1000. The van der Waals surface area contributed by atoms with Crippen LogP contribution in [0.25, 0.3) is 22.9 Å². The Balaban J connectivity index is 1.92. The molecule has 6 heteroatoms. The molecular weight excluding hydrogens is 424 g/mol. The number of allylic oxidation sites excluding steroid dienone is 1. The zero-order valence-electron chi connectivity index (χ0n) is 14.9. The van der Waals surface area contributed by atoms with Gasteiger partial charge in [-0.3, -0.25) is 0 Å². The third-order valence-corrected chi connectivity index (χ3v) is 5.20. The highest BCUT2D eigenvalue weighted by molar-refractivity contribution is 9.10. The van der Waals surface area contributed by atoms with Crippen molar-refractivity contribution in [2.24, 2.45) is 0 Å². The molecule has 0 amide bonds. The number of halogens is 1. The molecule has 0 aliphatic carbocycles. The fraction of sp³-hybridized carbons (Fsp3) is 0.143. The van der Waals surface area contributed by atoms with Crippen LogP contribution >= 0.6 is 27.3 Å². The second-order valence-electron chi connectivity index (χ2n) is 5.56. The SMILES string of the molecule is CCOc1cc(/C=C(\C#N)c2nc(-c3ccc(Br)cc3)cs2)ccc1OC. The summed E-state index contributed by atoms with van der Waals surface area (Å²) in [5.74, 6) is 1.32. The molecule has 0 unspecified atom stereocenters. The fourth-order valence-corrected chi connectivity index (χ4v) is 3.57. The first-order valence-electron chi connectivity index (χ1n) is 8.29. The van der Waals surface area contributed by atoms with Crippen molar-refractivity contribution in [3.8, 4) is 28.8 Å². The maximum absolute atomic E-state index is 9.62. The lowest BCUT2D eigenvalue weighted by molar-refractivity contribution is 0.311. The Labute approximate surface area is 170 Å². The summed E-state index contributed by atoms with van der Waals surface area (Å²) in [5.41, 5.74) is 3.24. The van der Waals surface area contributed by atoms with Crippen molar-refractivity contribution in [3.63, 3.8) is 0 Å². The Morgan fingerprint density at radius 1 is 1.22 bits per heavy atom. The smallest absolute Gasteiger partial charge is 0.161 e. The number of methoxy groups -OCH3 is 1. The monoisotopic (exact) mass is 440 g/mol. The van der Waals surface area contributed by atoms with Crippen molar-refractivity contribution in [2.75, 3.05) is 13.7 Å². The highest BCUT2D eigenvalue weighted by atomic mass is 79.9. The van der Waals surface area contributed by atoms with Crippen LogP contribution < -0.4 is 9.47 Å². The molecule has 0 atom stereocenters. The number of nitrogens with zero attached hydrogens (tertiary/aromatic N) is 2. The summed E-state index contributed by atoms with van der Waals surface area (Å²) in [4.78, 5) is 4.63. The van der Waals surface area contributed by atoms with Gasteiger partial charge in [0.2, 0.25) is 0 Å². The Kier molecular flexibility index (Phi) is 6.28. The number of aromatic nitrogens is 1. The van der Waals surface area contributed by atoms with Crippen LogP contribution in [-0.2, 0) is 0 Å². The van der Waals surface area contributed by atoms with Gasteiger partial charge in [0.15, 0.2) is 11.5 Å².